The van der Waals surface area contributed by atoms with Crippen molar-refractivity contribution < 1.29 is 23.0 Å². The maximum Gasteiger partial charge on any atom is 0.586 e. The largest absolute Gasteiger partial charge is 0.586 e. The average Bonchev–Trinajstić information content (AvgIpc) is 3.52. The predicted octanol–water partition coefficient (Wildman–Crippen LogP) is 5.78. The second-order valence-electron chi connectivity index (χ2n) is 8.53. The molecule has 1 aliphatic heterocycles. The van der Waals surface area contributed by atoms with E-state index < -0.39 is 11.7 Å². The van der Waals surface area contributed by atoms with Crippen LogP contribution in [0, 0.1) is 6.92 Å². The summed E-state index contributed by atoms with van der Waals surface area (Å²) in [5.74, 6) is -0.00739. The molecule has 3 aromatic rings. The van der Waals surface area contributed by atoms with E-state index in [1.54, 1.807) is 6.07 Å². The van der Waals surface area contributed by atoms with E-state index in [1.165, 1.54) is 17.7 Å². The van der Waals surface area contributed by atoms with E-state index in [0.29, 0.717) is 24.1 Å². The van der Waals surface area contributed by atoms with Gasteiger partial charge in [0.05, 0.1) is 11.1 Å². The number of ketones is 1. The van der Waals surface area contributed by atoms with Gasteiger partial charge in [0, 0.05) is 17.7 Å². The number of carbonyl (C=O) groups excluding carboxylic acids is 1. The first kappa shape index (κ1) is 20.6. The number of hydrogen-bond donors (Lipinski definition) is 0. The van der Waals surface area contributed by atoms with Gasteiger partial charge in [-0.3, -0.25) is 9.78 Å². The Morgan fingerprint density at radius 1 is 1.03 bits per heavy atom. The second kappa shape index (κ2) is 7.40. The van der Waals surface area contributed by atoms with Gasteiger partial charge < -0.3 is 9.47 Å². The molecular weight excluding hydrogens is 412 g/mol. The van der Waals surface area contributed by atoms with Crippen molar-refractivity contribution in [2.75, 3.05) is 0 Å². The Kier molecular flexibility index (Phi) is 4.77. The van der Waals surface area contributed by atoms with Crippen molar-refractivity contribution in [2.24, 2.45) is 0 Å². The van der Waals surface area contributed by atoms with E-state index in [0.717, 1.165) is 23.2 Å². The Morgan fingerprint density at radius 3 is 2.56 bits per heavy atom. The molecule has 0 saturated heterocycles. The van der Waals surface area contributed by atoms with Gasteiger partial charge in [0.25, 0.3) is 0 Å². The number of alkyl halides is 2. The summed E-state index contributed by atoms with van der Waals surface area (Å²) in [4.78, 5) is 18.1. The zero-order valence-electron chi connectivity index (χ0n) is 18.0. The molecule has 32 heavy (non-hydrogen) atoms. The summed E-state index contributed by atoms with van der Waals surface area (Å²) in [5, 5.41) is 0. The number of ether oxygens (including phenoxy) is 2. The van der Waals surface area contributed by atoms with Crippen LogP contribution >= 0.6 is 0 Å². The molecule has 0 radical (unpaired) electrons. The summed E-state index contributed by atoms with van der Waals surface area (Å²) in [7, 11) is 0. The van der Waals surface area contributed by atoms with Crippen LogP contribution in [0.2, 0.25) is 0 Å². The lowest BCUT2D eigenvalue weighted by Crippen LogP contribution is -2.26. The number of fused-ring (bicyclic) bond motifs is 1. The molecule has 1 aliphatic carbocycles. The minimum Gasteiger partial charge on any atom is -0.395 e. The van der Waals surface area contributed by atoms with E-state index in [1.807, 2.05) is 31.2 Å². The highest BCUT2D eigenvalue weighted by molar-refractivity contribution is 5.94. The summed E-state index contributed by atoms with van der Waals surface area (Å²) < 4.78 is 35.8. The van der Waals surface area contributed by atoms with Crippen LogP contribution in [0.1, 0.15) is 42.1 Å². The number of aryl methyl sites for hydroxylation is 2. The van der Waals surface area contributed by atoms with Crippen molar-refractivity contribution in [1.29, 1.82) is 0 Å². The first-order valence-corrected chi connectivity index (χ1v) is 10.8. The number of carbonyl (C=O) groups is 1. The van der Waals surface area contributed by atoms with Gasteiger partial charge in [0.15, 0.2) is 11.5 Å². The Bertz CT molecular complexity index is 1220. The molecule has 5 rings (SSSR count). The molecule has 4 nitrogen and oxygen atoms in total. The van der Waals surface area contributed by atoms with Gasteiger partial charge >= 0.3 is 6.29 Å². The van der Waals surface area contributed by atoms with E-state index in [-0.39, 0.29) is 23.7 Å². The fraction of sp³-hybridized carbons (Fsp3) is 0.308. The molecule has 1 aromatic heterocycles. The molecule has 1 saturated carbocycles. The zero-order chi connectivity index (χ0) is 22.5. The van der Waals surface area contributed by atoms with Crippen LogP contribution in [0.25, 0.3) is 11.3 Å². The van der Waals surface area contributed by atoms with Crippen LogP contribution in [0.5, 0.6) is 11.5 Å². The first-order valence-electron chi connectivity index (χ1n) is 10.8. The number of rotatable bonds is 6. The minimum atomic E-state index is -3.67. The topological polar surface area (TPSA) is 48.4 Å². The minimum absolute atomic E-state index is 0.0128. The van der Waals surface area contributed by atoms with Gasteiger partial charge in [-0.25, -0.2) is 0 Å². The number of hydrogen-bond acceptors (Lipinski definition) is 4. The van der Waals surface area contributed by atoms with Crippen molar-refractivity contribution >= 4 is 5.78 Å². The average molecular weight is 435 g/mol. The van der Waals surface area contributed by atoms with E-state index in [4.69, 9.17) is 4.98 Å². The number of nitrogens with zero attached hydrogens (tertiary/aromatic N) is 1. The molecule has 164 valence electrons. The highest BCUT2D eigenvalue weighted by Crippen LogP contribution is 2.52. The van der Waals surface area contributed by atoms with Crippen molar-refractivity contribution in [3.63, 3.8) is 0 Å². The van der Waals surface area contributed by atoms with Crippen molar-refractivity contribution in [3.05, 3.63) is 77.0 Å². The third-order valence-electron chi connectivity index (χ3n) is 6.34. The van der Waals surface area contributed by atoms with Gasteiger partial charge in [-0.05, 0) is 67.1 Å². The van der Waals surface area contributed by atoms with Gasteiger partial charge in [-0.1, -0.05) is 37.3 Å². The van der Waals surface area contributed by atoms with Gasteiger partial charge in [0.1, 0.15) is 5.78 Å². The molecule has 2 aromatic carbocycles. The maximum absolute atomic E-state index is 13.4. The summed E-state index contributed by atoms with van der Waals surface area (Å²) in [5.41, 5.74) is 4.91. The number of aromatic nitrogens is 1. The molecule has 0 bridgehead atoms. The fourth-order valence-electron chi connectivity index (χ4n) is 4.33. The van der Waals surface area contributed by atoms with Crippen LogP contribution in [0.3, 0.4) is 0 Å². The smallest absolute Gasteiger partial charge is 0.395 e. The third kappa shape index (κ3) is 3.64. The van der Waals surface area contributed by atoms with Crippen LogP contribution in [-0.2, 0) is 23.1 Å². The molecule has 0 atom stereocenters. The molecule has 2 heterocycles. The van der Waals surface area contributed by atoms with Gasteiger partial charge in [0.2, 0.25) is 0 Å². The summed E-state index contributed by atoms with van der Waals surface area (Å²) in [6, 6.07) is 16.8. The SMILES string of the molecule is CCc1cccc(-c2nc(CC(=O)C3(c4ccc5c(c4)OC(F)(F)O5)CC3)ccc2C)c1. The summed E-state index contributed by atoms with van der Waals surface area (Å²) in [6.07, 6.45) is -1.18. The lowest BCUT2D eigenvalue weighted by atomic mass is 9.88. The summed E-state index contributed by atoms with van der Waals surface area (Å²) in [6.45, 7) is 4.12. The lowest BCUT2D eigenvalue weighted by Gasteiger charge is -2.16. The second-order valence-corrected chi connectivity index (χ2v) is 8.53. The van der Waals surface area contributed by atoms with E-state index in [2.05, 4.69) is 28.5 Å². The molecule has 0 spiro atoms. The van der Waals surface area contributed by atoms with Gasteiger partial charge in [-0.15, -0.1) is 8.78 Å². The molecular formula is C26H23F2NO3. The fourth-order valence-corrected chi connectivity index (χ4v) is 4.33. The number of Topliss-reactive ketones (excluding diaryl/α,β-unsaturated/α-hetero) is 1. The monoisotopic (exact) mass is 435 g/mol. The highest BCUT2D eigenvalue weighted by atomic mass is 19.3. The Morgan fingerprint density at radius 2 is 1.81 bits per heavy atom. The van der Waals surface area contributed by atoms with Crippen LogP contribution < -0.4 is 9.47 Å². The molecule has 0 unspecified atom stereocenters. The summed E-state index contributed by atoms with van der Waals surface area (Å²) >= 11 is 0. The number of benzene rings is 2. The Balaban J connectivity index is 1.40. The molecule has 0 amide bonds. The van der Waals surface area contributed by atoms with Crippen molar-refractivity contribution in [3.8, 4) is 22.8 Å². The standard InChI is InChI=1S/C26H23F2NO3/c1-3-17-5-4-6-18(13-17)24-16(2)7-9-20(29-24)15-23(30)25(11-12-25)19-8-10-21-22(14-19)32-26(27,28)31-21/h4-10,13-14H,3,11-12,15H2,1-2H3. The molecule has 1 fully saturated rings. The lowest BCUT2D eigenvalue weighted by molar-refractivity contribution is -0.286. The number of halogens is 2. The maximum atomic E-state index is 13.4. The molecule has 2 aliphatic rings. The van der Waals surface area contributed by atoms with Gasteiger partial charge in [-0.2, -0.15) is 0 Å². The third-order valence-corrected chi connectivity index (χ3v) is 6.34. The predicted molar refractivity (Wildman–Crippen MR) is 116 cm³/mol. The Hall–Kier alpha value is -3.28. The highest BCUT2D eigenvalue weighted by Gasteiger charge is 2.52. The number of pyridine rings is 1. The normalized spacial score (nSPS) is 17.2. The van der Waals surface area contributed by atoms with Crippen molar-refractivity contribution in [1.82, 2.24) is 4.98 Å². The van der Waals surface area contributed by atoms with Crippen LogP contribution in [0.15, 0.2) is 54.6 Å². The Labute approximate surface area is 185 Å². The van der Waals surface area contributed by atoms with Crippen LogP contribution in [-0.4, -0.2) is 17.1 Å². The first-order chi connectivity index (χ1) is 15.3. The quantitative estimate of drug-likeness (QED) is 0.492. The zero-order valence-corrected chi connectivity index (χ0v) is 18.0. The van der Waals surface area contributed by atoms with E-state index in [9.17, 15) is 13.6 Å². The van der Waals surface area contributed by atoms with Crippen molar-refractivity contribution in [2.45, 2.75) is 51.2 Å². The van der Waals surface area contributed by atoms with E-state index >= 15 is 0 Å². The molecule has 6 heteroatoms. The molecule has 0 N–H and O–H groups in total. The van der Waals surface area contributed by atoms with Crippen LogP contribution in [0.4, 0.5) is 8.78 Å².